The van der Waals surface area contributed by atoms with Gasteiger partial charge in [-0.2, -0.15) is 0 Å². The fourth-order valence-corrected chi connectivity index (χ4v) is 1.82. The smallest absolute Gasteiger partial charge is 0.266 e. The van der Waals surface area contributed by atoms with Crippen LogP contribution >= 0.6 is 15.9 Å². The second-order valence-electron chi connectivity index (χ2n) is 3.19. The largest absolute Gasteiger partial charge is 0.477 e. The number of anilines is 1. The molecule has 1 amide bonds. The number of carbonyl (C=O) groups excluding carboxylic acids is 1. The Hall–Kier alpha value is -1.10. The van der Waals surface area contributed by atoms with Gasteiger partial charge in [-0.1, -0.05) is 0 Å². The minimum atomic E-state index is -0.454. The Morgan fingerprint density at radius 2 is 2.36 bits per heavy atom. The molecule has 0 fully saturated rings. The van der Waals surface area contributed by atoms with E-state index >= 15 is 0 Å². The molecule has 2 heterocycles. The van der Waals surface area contributed by atoms with E-state index in [1.54, 1.807) is 6.92 Å². The summed E-state index contributed by atoms with van der Waals surface area (Å²) in [5, 5.41) is 2.69. The van der Waals surface area contributed by atoms with Crippen molar-refractivity contribution in [2.45, 2.75) is 20.0 Å². The molecule has 0 saturated heterocycles. The molecule has 1 atom stereocenters. The normalized spacial score (nSPS) is 19.6. The second kappa shape index (κ2) is 3.24. The minimum Gasteiger partial charge on any atom is -0.477 e. The molecule has 2 rings (SSSR count). The van der Waals surface area contributed by atoms with Gasteiger partial charge in [0.25, 0.3) is 5.91 Å². The molecule has 14 heavy (non-hydrogen) atoms. The summed E-state index contributed by atoms with van der Waals surface area (Å²) < 4.78 is 6.12. The Labute approximate surface area is 89.8 Å². The quantitative estimate of drug-likeness (QED) is 0.722. The Kier molecular flexibility index (Phi) is 2.19. The van der Waals surface area contributed by atoms with E-state index in [4.69, 9.17) is 4.74 Å². The summed E-state index contributed by atoms with van der Waals surface area (Å²) in [5.41, 5.74) is 0.953. The van der Waals surface area contributed by atoms with Crippen LogP contribution in [0.2, 0.25) is 0 Å². The van der Waals surface area contributed by atoms with Gasteiger partial charge in [-0.3, -0.25) is 4.79 Å². The van der Waals surface area contributed by atoms with Crippen molar-refractivity contribution in [3.63, 3.8) is 0 Å². The first-order valence-corrected chi connectivity index (χ1v) is 5.02. The first kappa shape index (κ1) is 9.45. The van der Waals surface area contributed by atoms with E-state index in [2.05, 4.69) is 26.2 Å². The fourth-order valence-electron chi connectivity index (χ4n) is 1.30. The van der Waals surface area contributed by atoms with Gasteiger partial charge in [0.1, 0.15) is 4.60 Å². The summed E-state index contributed by atoms with van der Waals surface area (Å²) in [6.07, 6.45) is -0.454. The van der Waals surface area contributed by atoms with Gasteiger partial charge in [0.2, 0.25) is 0 Å². The molecule has 4 nitrogen and oxygen atoms in total. The van der Waals surface area contributed by atoms with Crippen LogP contribution in [0.3, 0.4) is 0 Å². The monoisotopic (exact) mass is 256 g/mol. The molecule has 5 heteroatoms. The van der Waals surface area contributed by atoms with Gasteiger partial charge in [0, 0.05) is 0 Å². The molecule has 0 unspecified atom stereocenters. The predicted molar refractivity (Wildman–Crippen MR) is 55.4 cm³/mol. The van der Waals surface area contributed by atoms with Crippen molar-refractivity contribution in [1.82, 2.24) is 4.98 Å². The number of pyridine rings is 1. The number of ether oxygens (including phenoxy) is 1. The average molecular weight is 257 g/mol. The number of aryl methyl sites for hydroxylation is 1. The van der Waals surface area contributed by atoms with Gasteiger partial charge < -0.3 is 10.1 Å². The number of carbonyl (C=O) groups is 1. The number of nitrogens with zero attached hydrogens (tertiary/aromatic N) is 1. The fraction of sp³-hybridized carbons (Fsp3) is 0.333. The summed E-state index contributed by atoms with van der Waals surface area (Å²) in [4.78, 5) is 15.4. The van der Waals surface area contributed by atoms with Crippen molar-refractivity contribution in [2.75, 3.05) is 5.32 Å². The van der Waals surface area contributed by atoms with Crippen molar-refractivity contribution < 1.29 is 9.53 Å². The van der Waals surface area contributed by atoms with Crippen LogP contribution in [0.5, 0.6) is 5.75 Å². The number of hydrogen-bond acceptors (Lipinski definition) is 3. The second-order valence-corrected chi connectivity index (χ2v) is 4.00. The first-order chi connectivity index (χ1) is 6.58. The summed E-state index contributed by atoms with van der Waals surface area (Å²) in [6, 6.07) is 1.85. The first-order valence-electron chi connectivity index (χ1n) is 4.22. The predicted octanol–water partition coefficient (Wildman–Crippen LogP) is 1.87. The number of nitrogens with one attached hydrogen (secondary N) is 1. The molecule has 0 aliphatic carbocycles. The highest BCUT2D eigenvalue weighted by molar-refractivity contribution is 9.10. The Bertz CT molecular complexity index is 406. The van der Waals surface area contributed by atoms with E-state index in [9.17, 15) is 4.79 Å². The molecule has 0 bridgehead atoms. The van der Waals surface area contributed by atoms with Crippen molar-refractivity contribution in [1.29, 1.82) is 0 Å². The van der Waals surface area contributed by atoms with Crippen molar-refractivity contribution >= 4 is 27.7 Å². The SMILES string of the molecule is Cc1cc(Br)nc2c1O[C@H](C)C(=O)N2. The molecule has 1 N–H and O–H groups in total. The zero-order valence-electron chi connectivity index (χ0n) is 7.80. The van der Waals surface area contributed by atoms with Gasteiger partial charge in [-0.25, -0.2) is 4.98 Å². The lowest BCUT2D eigenvalue weighted by Crippen LogP contribution is -2.35. The van der Waals surface area contributed by atoms with Crippen LogP contribution in [0.15, 0.2) is 10.7 Å². The molecule has 74 valence electrons. The number of fused-ring (bicyclic) bond motifs is 1. The summed E-state index contributed by atoms with van der Waals surface area (Å²) in [6.45, 7) is 3.62. The van der Waals surface area contributed by atoms with E-state index in [0.29, 0.717) is 16.2 Å². The highest BCUT2D eigenvalue weighted by atomic mass is 79.9. The number of aromatic nitrogens is 1. The lowest BCUT2D eigenvalue weighted by Gasteiger charge is -2.23. The van der Waals surface area contributed by atoms with Crippen LogP contribution in [0.1, 0.15) is 12.5 Å². The van der Waals surface area contributed by atoms with Crippen LogP contribution in [-0.2, 0) is 4.79 Å². The highest BCUT2D eigenvalue weighted by Crippen LogP contribution is 2.32. The third-order valence-electron chi connectivity index (χ3n) is 2.03. The Morgan fingerprint density at radius 3 is 3.07 bits per heavy atom. The van der Waals surface area contributed by atoms with Gasteiger partial charge in [-0.15, -0.1) is 0 Å². The summed E-state index contributed by atoms with van der Waals surface area (Å²) >= 11 is 3.26. The molecule has 0 aromatic carbocycles. The molecule has 1 aliphatic heterocycles. The van der Waals surface area contributed by atoms with Crippen LogP contribution in [0, 0.1) is 6.92 Å². The van der Waals surface area contributed by atoms with E-state index in [0.717, 1.165) is 5.56 Å². The zero-order valence-corrected chi connectivity index (χ0v) is 9.38. The maximum atomic E-state index is 11.3. The molecule has 0 saturated carbocycles. The molecule has 0 spiro atoms. The third kappa shape index (κ3) is 1.48. The Balaban J connectivity index is 2.51. The number of amides is 1. The standard InChI is InChI=1S/C9H9BrN2O2/c1-4-3-6(10)11-8-7(4)14-5(2)9(13)12-8/h3,5H,1-2H3,(H,11,12,13)/t5-/m1/s1. The van der Waals surface area contributed by atoms with Crippen molar-refractivity contribution in [3.8, 4) is 5.75 Å². The average Bonchev–Trinajstić information content (AvgIpc) is 2.08. The van der Waals surface area contributed by atoms with E-state index in [-0.39, 0.29) is 5.91 Å². The van der Waals surface area contributed by atoms with Crippen LogP contribution < -0.4 is 10.1 Å². The summed E-state index contributed by atoms with van der Waals surface area (Å²) in [5.74, 6) is 0.975. The van der Waals surface area contributed by atoms with Gasteiger partial charge in [-0.05, 0) is 41.4 Å². The number of rotatable bonds is 0. The molecule has 1 aliphatic rings. The molecular weight excluding hydrogens is 248 g/mol. The summed E-state index contributed by atoms with van der Waals surface area (Å²) in [7, 11) is 0. The zero-order chi connectivity index (χ0) is 10.3. The van der Waals surface area contributed by atoms with Gasteiger partial charge in [0.05, 0.1) is 0 Å². The molecule has 0 radical (unpaired) electrons. The van der Waals surface area contributed by atoms with E-state index < -0.39 is 6.10 Å². The molecule has 1 aromatic rings. The van der Waals surface area contributed by atoms with Crippen molar-refractivity contribution in [2.24, 2.45) is 0 Å². The number of hydrogen-bond donors (Lipinski definition) is 1. The maximum absolute atomic E-state index is 11.3. The van der Waals surface area contributed by atoms with E-state index in [1.807, 2.05) is 13.0 Å². The molecule has 1 aromatic heterocycles. The lowest BCUT2D eigenvalue weighted by atomic mass is 10.2. The highest BCUT2D eigenvalue weighted by Gasteiger charge is 2.26. The number of halogens is 1. The van der Waals surface area contributed by atoms with Crippen LogP contribution in [0.4, 0.5) is 5.82 Å². The van der Waals surface area contributed by atoms with Crippen LogP contribution in [-0.4, -0.2) is 17.0 Å². The third-order valence-corrected chi connectivity index (χ3v) is 2.44. The van der Waals surface area contributed by atoms with Gasteiger partial charge in [0.15, 0.2) is 17.7 Å². The lowest BCUT2D eigenvalue weighted by molar-refractivity contribution is -0.122. The minimum absolute atomic E-state index is 0.164. The molecular formula is C9H9BrN2O2. The maximum Gasteiger partial charge on any atom is 0.266 e. The van der Waals surface area contributed by atoms with E-state index in [1.165, 1.54) is 0 Å². The topological polar surface area (TPSA) is 51.2 Å². The van der Waals surface area contributed by atoms with Gasteiger partial charge >= 0.3 is 0 Å². The van der Waals surface area contributed by atoms with Crippen LogP contribution in [0.25, 0.3) is 0 Å². The van der Waals surface area contributed by atoms with Crippen molar-refractivity contribution in [3.05, 3.63) is 16.2 Å². The Morgan fingerprint density at radius 1 is 1.64 bits per heavy atom.